The molecule has 5 rings (SSSR count). The van der Waals surface area contributed by atoms with Crippen LogP contribution in [0.4, 0.5) is 22.9 Å². The van der Waals surface area contributed by atoms with Crippen LogP contribution < -0.4 is 10.1 Å². The third-order valence-corrected chi connectivity index (χ3v) is 5.71. The maximum absolute atomic E-state index is 7.23. The number of hydrogen-bond donors (Lipinski definition) is 1. The Kier molecular flexibility index (Phi) is 5.71. The summed E-state index contributed by atoms with van der Waals surface area (Å²) in [4.78, 5) is 22.0. The van der Waals surface area contributed by atoms with Gasteiger partial charge in [-0.1, -0.05) is 18.7 Å². The molecule has 1 aliphatic rings. The summed E-state index contributed by atoms with van der Waals surface area (Å²) in [6.45, 7) is 11.1. The van der Waals surface area contributed by atoms with Crippen molar-refractivity contribution in [3.8, 4) is 17.1 Å². The number of fused-ring (bicyclic) bond motifs is 1. The predicted molar refractivity (Wildman–Crippen MR) is 135 cm³/mol. The quantitative estimate of drug-likeness (QED) is 0.398. The first-order valence-corrected chi connectivity index (χ1v) is 11.2. The Labute approximate surface area is 203 Å². The molecule has 4 aromatic rings. The lowest BCUT2D eigenvalue weighted by atomic mass is 10.1. The minimum Gasteiger partial charge on any atom is -0.494 e. The number of aromatic nitrogens is 5. The summed E-state index contributed by atoms with van der Waals surface area (Å²) in [6, 6.07) is 13.3. The van der Waals surface area contributed by atoms with Gasteiger partial charge in [-0.3, -0.25) is 9.98 Å². The molecular formula is C26H24N8O. The largest absolute Gasteiger partial charge is 0.494 e. The Morgan fingerprint density at radius 2 is 1.89 bits per heavy atom. The van der Waals surface area contributed by atoms with E-state index in [1.165, 1.54) is 0 Å². The lowest BCUT2D eigenvalue weighted by Gasteiger charge is -2.16. The van der Waals surface area contributed by atoms with Gasteiger partial charge in [0.2, 0.25) is 0 Å². The number of para-hydroxylation sites is 1. The van der Waals surface area contributed by atoms with Crippen LogP contribution in [0.3, 0.4) is 0 Å². The summed E-state index contributed by atoms with van der Waals surface area (Å²) in [6.07, 6.45) is 1.21. The van der Waals surface area contributed by atoms with Crippen molar-refractivity contribution in [2.75, 3.05) is 12.4 Å². The van der Waals surface area contributed by atoms with Crippen LogP contribution in [-0.4, -0.2) is 37.6 Å². The molecule has 174 valence electrons. The normalized spacial score (nSPS) is 12.1. The zero-order valence-corrected chi connectivity index (χ0v) is 20.0. The van der Waals surface area contributed by atoms with Gasteiger partial charge < -0.3 is 14.9 Å². The van der Waals surface area contributed by atoms with Gasteiger partial charge in [-0.2, -0.15) is 5.10 Å². The van der Waals surface area contributed by atoms with Crippen LogP contribution in [0.1, 0.15) is 29.8 Å². The number of aryl methyl sites for hydroxylation is 2. The number of nitrogens with one attached hydrogen (secondary N) is 1. The third kappa shape index (κ3) is 4.34. The Balaban J connectivity index is 1.56. The van der Waals surface area contributed by atoms with Gasteiger partial charge in [0.15, 0.2) is 11.6 Å². The molecular weight excluding hydrogens is 440 g/mol. The first-order chi connectivity index (χ1) is 16.9. The zero-order chi connectivity index (χ0) is 24.5. The van der Waals surface area contributed by atoms with E-state index in [-0.39, 0.29) is 0 Å². The highest BCUT2D eigenvalue weighted by atomic mass is 16.5. The van der Waals surface area contributed by atoms with E-state index in [9.17, 15) is 0 Å². The molecule has 9 nitrogen and oxygen atoms in total. The molecule has 1 aliphatic heterocycles. The van der Waals surface area contributed by atoms with Gasteiger partial charge >= 0.3 is 0 Å². The molecule has 0 saturated carbocycles. The van der Waals surface area contributed by atoms with Crippen molar-refractivity contribution in [2.45, 2.75) is 26.7 Å². The lowest BCUT2D eigenvalue weighted by molar-refractivity contribution is 0.418. The highest BCUT2D eigenvalue weighted by Crippen LogP contribution is 2.41. The topological polar surface area (TPSA) is 94.5 Å². The molecule has 0 radical (unpaired) electrons. The van der Waals surface area contributed by atoms with Crippen LogP contribution in [0.5, 0.6) is 5.75 Å². The summed E-state index contributed by atoms with van der Waals surface area (Å²) in [7, 11) is 3.51. The number of methoxy groups -OCH3 is 1. The summed E-state index contributed by atoms with van der Waals surface area (Å²) in [5.41, 5.74) is 6.88. The van der Waals surface area contributed by atoms with Crippen molar-refractivity contribution in [1.29, 1.82) is 0 Å². The smallest absolute Gasteiger partial charge is 0.269 e. The fraction of sp³-hybridized carbons (Fsp3) is 0.231. The van der Waals surface area contributed by atoms with Crippen molar-refractivity contribution >= 4 is 28.6 Å². The third-order valence-electron chi connectivity index (χ3n) is 5.71. The molecule has 0 unspecified atom stereocenters. The average molecular weight is 465 g/mol. The first kappa shape index (κ1) is 22.2. The Hall–Kier alpha value is -4.58. The van der Waals surface area contributed by atoms with E-state index in [4.69, 9.17) is 21.3 Å². The summed E-state index contributed by atoms with van der Waals surface area (Å²) in [5.74, 6) is 2.46. The second-order valence-corrected chi connectivity index (χ2v) is 8.37. The van der Waals surface area contributed by atoms with Gasteiger partial charge in [0.05, 0.1) is 41.9 Å². The summed E-state index contributed by atoms with van der Waals surface area (Å²) < 4.78 is 7.57. The molecule has 9 heteroatoms. The van der Waals surface area contributed by atoms with Crippen LogP contribution in [0, 0.1) is 13.5 Å². The molecule has 0 bridgehead atoms. The Morgan fingerprint density at radius 3 is 2.63 bits per heavy atom. The molecule has 35 heavy (non-hydrogen) atoms. The molecule has 0 fully saturated rings. The van der Waals surface area contributed by atoms with Gasteiger partial charge in [-0.25, -0.2) is 9.67 Å². The number of pyridine rings is 2. The maximum Gasteiger partial charge on any atom is 0.269 e. The predicted octanol–water partition coefficient (Wildman–Crippen LogP) is 5.12. The fourth-order valence-corrected chi connectivity index (χ4v) is 4.29. The van der Waals surface area contributed by atoms with Crippen molar-refractivity contribution in [2.24, 2.45) is 12.0 Å². The Bertz CT molecular complexity index is 1510. The molecule has 0 saturated heterocycles. The van der Waals surface area contributed by atoms with Crippen molar-refractivity contribution in [3.63, 3.8) is 0 Å². The van der Waals surface area contributed by atoms with Gasteiger partial charge in [-0.05, 0) is 44.2 Å². The van der Waals surface area contributed by atoms with Crippen LogP contribution in [-0.2, 0) is 19.9 Å². The Morgan fingerprint density at radius 1 is 1.06 bits per heavy atom. The van der Waals surface area contributed by atoms with Gasteiger partial charge in [0.1, 0.15) is 17.2 Å². The number of hydrogen-bond acceptors (Lipinski definition) is 7. The van der Waals surface area contributed by atoms with Crippen molar-refractivity contribution < 1.29 is 4.74 Å². The van der Waals surface area contributed by atoms with E-state index in [0.29, 0.717) is 30.2 Å². The average Bonchev–Trinajstić information content (AvgIpc) is 3.39. The zero-order valence-electron chi connectivity index (χ0n) is 20.0. The lowest BCUT2D eigenvalue weighted by Crippen LogP contribution is -2.03. The molecule has 0 spiro atoms. The molecule has 0 atom stereocenters. The maximum atomic E-state index is 7.23. The molecule has 4 heterocycles. The summed E-state index contributed by atoms with van der Waals surface area (Å²) in [5, 5.41) is 7.91. The molecule has 1 N–H and O–H groups in total. The van der Waals surface area contributed by atoms with Crippen LogP contribution >= 0.6 is 0 Å². The standard InChI is InChI=1S/C26H24N8O/c1-15-12-21-24(28-15)22(14-18(30-21)13-17-8-6-11-23(27-3)31-17)32-20-10-7-9-19(25(20)35-5)26-29-16(2)33-34(26)4/h6-11,14H,12-13H2,1-2,4-5H3,(H,30,32). The number of ether oxygens (including phenoxy) is 1. The first-order valence-electron chi connectivity index (χ1n) is 11.2. The van der Waals surface area contributed by atoms with E-state index < -0.39 is 0 Å². The van der Waals surface area contributed by atoms with Crippen molar-refractivity contribution in [1.82, 2.24) is 24.7 Å². The van der Waals surface area contributed by atoms with Crippen LogP contribution in [0.2, 0.25) is 0 Å². The molecule has 0 amide bonds. The highest BCUT2D eigenvalue weighted by molar-refractivity contribution is 5.95. The second kappa shape index (κ2) is 8.99. The van der Waals surface area contributed by atoms with E-state index >= 15 is 0 Å². The highest BCUT2D eigenvalue weighted by Gasteiger charge is 2.22. The molecule has 3 aromatic heterocycles. The second-order valence-electron chi connectivity index (χ2n) is 8.37. The summed E-state index contributed by atoms with van der Waals surface area (Å²) >= 11 is 0. The number of aliphatic imine (C=N–C) groups is 1. The minimum absolute atomic E-state index is 0.377. The monoisotopic (exact) mass is 464 g/mol. The van der Waals surface area contributed by atoms with E-state index in [1.807, 2.05) is 57.3 Å². The van der Waals surface area contributed by atoms with E-state index in [2.05, 4.69) is 25.2 Å². The SMILES string of the molecule is [C-]#[N+]c1cccc(Cc2cc(Nc3cccc(-c4nc(C)nn4C)c3OC)c3c(n2)CC(C)=N3)n1. The van der Waals surface area contributed by atoms with Crippen LogP contribution in [0.15, 0.2) is 47.5 Å². The number of rotatable bonds is 6. The van der Waals surface area contributed by atoms with Gasteiger partial charge in [-0.15, -0.1) is 4.98 Å². The number of nitrogens with zero attached hydrogens (tertiary/aromatic N) is 7. The van der Waals surface area contributed by atoms with Crippen molar-refractivity contribution in [3.05, 3.63) is 76.8 Å². The molecule has 1 aromatic carbocycles. The van der Waals surface area contributed by atoms with E-state index in [0.717, 1.165) is 51.2 Å². The fourth-order valence-electron chi connectivity index (χ4n) is 4.29. The molecule has 0 aliphatic carbocycles. The van der Waals surface area contributed by atoms with Crippen LogP contribution in [0.25, 0.3) is 16.2 Å². The van der Waals surface area contributed by atoms with Gasteiger partial charge in [0.25, 0.3) is 5.82 Å². The number of anilines is 2. The van der Waals surface area contributed by atoms with E-state index in [1.54, 1.807) is 17.9 Å². The minimum atomic E-state index is 0.377. The van der Waals surface area contributed by atoms with Gasteiger partial charge in [0, 0.05) is 19.2 Å². The number of benzene rings is 1.